The lowest BCUT2D eigenvalue weighted by atomic mass is 9.93. The molecule has 3 rings (SSSR count). The number of hydrogen-bond donors (Lipinski definition) is 0. The Hall–Kier alpha value is -1.90. The maximum atomic E-state index is 6.06. The highest BCUT2D eigenvalue weighted by Gasteiger charge is 2.10. The zero-order chi connectivity index (χ0) is 16.9. The van der Waals surface area contributed by atoms with Gasteiger partial charge < -0.3 is 0 Å². The molecule has 0 N–H and O–H groups in total. The number of allylic oxidation sites excluding steroid dienone is 4. The Morgan fingerprint density at radius 2 is 1.92 bits per heavy atom. The van der Waals surface area contributed by atoms with Gasteiger partial charge in [0.15, 0.2) is 0 Å². The van der Waals surface area contributed by atoms with Gasteiger partial charge in [0, 0.05) is 34.1 Å². The number of rotatable bonds is 2. The molecule has 0 radical (unpaired) electrons. The average molecular weight is 357 g/mol. The monoisotopic (exact) mass is 356 g/mol. The van der Waals surface area contributed by atoms with Gasteiger partial charge in [-0.05, 0) is 55.7 Å². The summed E-state index contributed by atoms with van der Waals surface area (Å²) in [5, 5.41) is 1.20. The fourth-order valence-electron chi connectivity index (χ4n) is 2.71. The highest BCUT2D eigenvalue weighted by atomic mass is 35.5. The number of benzene rings is 1. The molecule has 0 saturated carbocycles. The van der Waals surface area contributed by atoms with Gasteiger partial charge >= 0.3 is 0 Å². The lowest BCUT2D eigenvalue weighted by Gasteiger charge is -2.14. The van der Waals surface area contributed by atoms with Crippen molar-refractivity contribution in [1.29, 1.82) is 0 Å². The number of nitrogens with zero attached hydrogens (tertiary/aromatic N) is 2. The summed E-state index contributed by atoms with van der Waals surface area (Å²) in [5.74, 6) is 0.215. The summed E-state index contributed by atoms with van der Waals surface area (Å²) in [7, 11) is 0. The standard InChI is InChI=1S/C20H18Cl2N2/c1-14-4-6-19(24-20-11-17(21)10-18(22)12-20)7-5-15(9-14)16-3-2-8-23-13-16/h2-3,5,7-13,15H,4,6H2,1H3/b7-5-,14-9?,24-19?. The quantitative estimate of drug-likeness (QED) is 0.560. The Kier molecular flexibility index (Phi) is 5.49. The Morgan fingerprint density at radius 1 is 1.12 bits per heavy atom. The van der Waals surface area contributed by atoms with Gasteiger partial charge in [-0.3, -0.25) is 9.98 Å². The molecular weight excluding hydrogens is 339 g/mol. The molecule has 1 unspecified atom stereocenters. The predicted molar refractivity (Wildman–Crippen MR) is 103 cm³/mol. The van der Waals surface area contributed by atoms with E-state index >= 15 is 0 Å². The molecule has 1 aliphatic carbocycles. The number of pyridine rings is 1. The molecule has 1 atom stereocenters. The number of halogens is 2. The third-order valence-corrected chi connectivity index (χ3v) is 4.36. The smallest absolute Gasteiger partial charge is 0.0662 e. The Labute approximate surface area is 152 Å². The van der Waals surface area contributed by atoms with Crippen molar-refractivity contribution in [3.8, 4) is 0 Å². The molecule has 24 heavy (non-hydrogen) atoms. The SMILES string of the molecule is CC1=CC(c2cccnc2)/C=C\C(=Nc2cc(Cl)cc(Cl)c2)CC1. The largest absolute Gasteiger partial charge is 0.264 e. The minimum Gasteiger partial charge on any atom is -0.264 e. The molecule has 0 aliphatic heterocycles. The zero-order valence-electron chi connectivity index (χ0n) is 13.4. The molecule has 0 saturated heterocycles. The second-order valence-corrected chi connectivity index (χ2v) is 6.79. The molecule has 1 heterocycles. The topological polar surface area (TPSA) is 25.2 Å². The minimum absolute atomic E-state index is 0.215. The van der Waals surface area contributed by atoms with Gasteiger partial charge in [0.05, 0.1) is 5.69 Å². The molecule has 1 aliphatic rings. The third kappa shape index (κ3) is 4.56. The van der Waals surface area contributed by atoms with Crippen LogP contribution in [0, 0.1) is 0 Å². The van der Waals surface area contributed by atoms with Crippen LogP contribution in [0.5, 0.6) is 0 Å². The number of aromatic nitrogens is 1. The first-order valence-corrected chi connectivity index (χ1v) is 8.65. The van der Waals surface area contributed by atoms with Crippen molar-refractivity contribution in [2.45, 2.75) is 25.7 Å². The van der Waals surface area contributed by atoms with Crippen LogP contribution in [0.25, 0.3) is 0 Å². The van der Waals surface area contributed by atoms with Gasteiger partial charge in [-0.2, -0.15) is 0 Å². The molecule has 2 nitrogen and oxygen atoms in total. The maximum absolute atomic E-state index is 6.06. The number of aliphatic imine (C=N–C) groups is 1. The lowest BCUT2D eigenvalue weighted by Crippen LogP contribution is -2.02. The van der Waals surface area contributed by atoms with E-state index in [1.54, 1.807) is 12.3 Å². The van der Waals surface area contributed by atoms with E-state index in [9.17, 15) is 0 Å². The Morgan fingerprint density at radius 3 is 2.62 bits per heavy atom. The predicted octanol–water partition coefficient (Wildman–Crippen LogP) is 6.54. The molecule has 122 valence electrons. The normalized spacial score (nSPS) is 21.0. The summed E-state index contributed by atoms with van der Waals surface area (Å²) in [6.45, 7) is 2.16. The molecule has 2 aromatic rings. The highest BCUT2D eigenvalue weighted by Crippen LogP contribution is 2.27. The zero-order valence-corrected chi connectivity index (χ0v) is 14.9. The van der Waals surface area contributed by atoms with Gasteiger partial charge in [-0.15, -0.1) is 0 Å². The van der Waals surface area contributed by atoms with E-state index < -0.39 is 0 Å². The van der Waals surface area contributed by atoms with Gasteiger partial charge in [-0.25, -0.2) is 0 Å². The fourth-order valence-corrected chi connectivity index (χ4v) is 3.23. The second kappa shape index (κ2) is 7.78. The first-order valence-electron chi connectivity index (χ1n) is 7.89. The summed E-state index contributed by atoms with van der Waals surface area (Å²) >= 11 is 12.1. The van der Waals surface area contributed by atoms with Crippen LogP contribution in [-0.4, -0.2) is 10.7 Å². The summed E-state index contributed by atoms with van der Waals surface area (Å²) in [4.78, 5) is 8.94. The van der Waals surface area contributed by atoms with Crippen molar-refractivity contribution >= 4 is 34.6 Å². The van der Waals surface area contributed by atoms with Crippen molar-refractivity contribution in [2.24, 2.45) is 4.99 Å². The van der Waals surface area contributed by atoms with E-state index in [2.05, 4.69) is 36.2 Å². The van der Waals surface area contributed by atoms with Gasteiger partial charge in [0.1, 0.15) is 0 Å². The highest BCUT2D eigenvalue weighted by molar-refractivity contribution is 6.35. The van der Waals surface area contributed by atoms with Crippen LogP contribution in [-0.2, 0) is 0 Å². The summed E-state index contributed by atoms with van der Waals surface area (Å²) in [5.41, 5.74) is 4.34. The van der Waals surface area contributed by atoms with Crippen LogP contribution in [0.2, 0.25) is 10.0 Å². The van der Waals surface area contributed by atoms with E-state index in [-0.39, 0.29) is 5.92 Å². The first-order chi connectivity index (χ1) is 11.6. The van der Waals surface area contributed by atoms with Gasteiger partial charge in [-0.1, -0.05) is 47.0 Å². The minimum atomic E-state index is 0.215. The van der Waals surface area contributed by atoms with E-state index in [0.29, 0.717) is 10.0 Å². The van der Waals surface area contributed by atoms with Crippen molar-refractivity contribution in [3.05, 3.63) is 82.1 Å². The number of hydrogen-bond acceptors (Lipinski definition) is 2. The van der Waals surface area contributed by atoms with Crippen LogP contribution in [0.1, 0.15) is 31.2 Å². The molecule has 0 fully saturated rings. The fraction of sp³-hybridized carbons (Fsp3) is 0.200. The molecule has 4 heteroatoms. The van der Waals surface area contributed by atoms with Crippen LogP contribution >= 0.6 is 23.2 Å². The van der Waals surface area contributed by atoms with E-state index in [1.807, 2.05) is 24.4 Å². The van der Waals surface area contributed by atoms with Crippen molar-refractivity contribution < 1.29 is 0 Å². The summed E-state index contributed by atoms with van der Waals surface area (Å²) in [6, 6.07) is 9.43. The lowest BCUT2D eigenvalue weighted by molar-refractivity contribution is 0.951. The maximum Gasteiger partial charge on any atom is 0.0662 e. The Balaban J connectivity index is 1.91. The molecule has 0 amide bonds. The summed E-state index contributed by atoms with van der Waals surface area (Å²) < 4.78 is 0. The molecule has 1 aromatic carbocycles. The molecule has 0 bridgehead atoms. The van der Waals surface area contributed by atoms with E-state index in [0.717, 1.165) is 24.2 Å². The van der Waals surface area contributed by atoms with E-state index in [4.69, 9.17) is 28.2 Å². The van der Waals surface area contributed by atoms with Crippen molar-refractivity contribution in [2.75, 3.05) is 0 Å². The van der Waals surface area contributed by atoms with Crippen molar-refractivity contribution in [1.82, 2.24) is 4.98 Å². The van der Waals surface area contributed by atoms with Gasteiger partial charge in [0.25, 0.3) is 0 Å². The average Bonchev–Trinajstić information content (AvgIpc) is 2.54. The molecular formula is C20H18Cl2N2. The Bertz CT molecular complexity index is 787. The van der Waals surface area contributed by atoms with Gasteiger partial charge in [0.2, 0.25) is 0 Å². The van der Waals surface area contributed by atoms with Crippen LogP contribution < -0.4 is 0 Å². The van der Waals surface area contributed by atoms with Crippen molar-refractivity contribution in [3.63, 3.8) is 0 Å². The molecule has 0 spiro atoms. The first kappa shape index (κ1) is 16.9. The van der Waals surface area contributed by atoms with Crippen LogP contribution in [0.15, 0.2) is 71.5 Å². The van der Waals surface area contributed by atoms with Crippen LogP contribution in [0.3, 0.4) is 0 Å². The third-order valence-electron chi connectivity index (χ3n) is 3.92. The van der Waals surface area contributed by atoms with Crippen LogP contribution in [0.4, 0.5) is 5.69 Å². The second-order valence-electron chi connectivity index (χ2n) is 5.92. The van der Waals surface area contributed by atoms with E-state index in [1.165, 1.54) is 11.1 Å². The molecule has 1 aromatic heterocycles. The summed E-state index contributed by atoms with van der Waals surface area (Å²) in [6.07, 6.45) is 12.1.